The van der Waals surface area contributed by atoms with Crippen LogP contribution in [0.25, 0.3) is 28.0 Å². The van der Waals surface area contributed by atoms with Gasteiger partial charge >= 0.3 is 0 Å². The van der Waals surface area contributed by atoms with E-state index in [1.807, 2.05) is 49.5 Å². The Kier molecular flexibility index (Phi) is 10.5. The molecule has 4 aromatic carbocycles. The Morgan fingerprint density at radius 3 is 2.40 bits per heavy atom. The SMILES string of the molecule is COc1ccc(F)cc1C(=O)NCc1ccc(-c2nn(-c3ccc(N4CCC(CN5CCN(c6ccc7c(c6)CN(C)C7=O)CC5)CC4)c(F)c3)c3ncnc(N)c23)cc1. The number of hydrogen-bond donors (Lipinski definition) is 2. The van der Waals surface area contributed by atoms with E-state index in [9.17, 15) is 14.0 Å². The zero-order valence-electron chi connectivity index (χ0n) is 33.6. The third-order valence-electron chi connectivity index (χ3n) is 12.0. The molecule has 0 saturated carbocycles. The zero-order valence-corrected chi connectivity index (χ0v) is 33.6. The van der Waals surface area contributed by atoms with Crippen LogP contribution in [0.4, 0.5) is 26.0 Å². The molecule has 2 saturated heterocycles. The predicted molar refractivity (Wildman–Crippen MR) is 226 cm³/mol. The van der Waals surface area contributed by atoms with Gasteiger partial charge in [0.2, 0.25) is 0 Å². The molecule has 0 bridgehead atoms. The summed E-state index contributed by atoms with van der Waals surface area (Å²) in [5.41, 5.74) is 13.2. The molecule has 2 aromatic heterocycles. The summed E-state index contributed by atoms with van der Waals surface area (Å²) in [5.74, 6) is -0.159. The summed E-state index contributed by atoms with van der Waals surface area (Å²) in [4.78, 5) is 42.7. The number of ether oxygens (including phenoxy) is 1. The number of nitrogen functional groups attached to an aromatic ring is 1. The van der Waals surface area contributed by atoms with Gasteiger partial charge < -0.3 is 30.5 Å². The molecule has 15 heteroatoms. The second kappa shape index (κ2) is 16.2. The number of methoxy groups -OCH3 is 1. The molecule has 0 atom stereocenters. The van der Waals surface area contributed by atoms with E-state index in [0.717, 1.165) is 87.0 Å². The molecule has 60 heavy (non-hydrogen) atoms. The highest BCUT2D eigenvalue weighted by Crippen LogP contribution is 2.34. The fraction of sp³-hybridized carbons (Fsp3) is 0.311. The topological polar surface area (TPSA) is 138 Å². The van der Waals surface area contributed by atoms with E-state index < -0.39 is 11.7 Å². The fourth-order valence-electron chi connectivity index (χ4n) is 8.72. The van der Waals surface area contributed by atoms with Crippen molar-refractivity contribution in [2.24, 2.45) is 5.92 Å². The Hall–Kier alpha value is -6.61. The number of piperidine rings is 1. The number of halogens is 2. The first-order valence-corrected chi connectivity index (χ1v) is 20.2. The van der Waals surface area contributed by atoms with Crippen LogP contribution in [0.2, 0.25) is 0 Å². The molecule has 3 aliphatic rings. The molecule has 0 spiro atoms. The first-order valence-electron chi connectivity index (χ1n) is 20.2. The molecule has 0 aliphatic carbocycles. The van der Waals surface area contributed by atoms with Crippen LogP contribution in [0.5, 0.6) is 5.75 Å². The minimum Gasteiger partial charge on any atom is -0.496 e. The number of hydrogen-bond acceptors (Lipinski definition) is 10. The van der Waals surface area contributed by atoms with Gasteiger partial charge in [0.1, 0.15) is 35.2 Å². The number of carbonyl (C=O) groups excluding carboxylic acids is 2. The highest BCUT2D eigenvalue weighted by atomic mass is 19.1. The molecule has 0 unspecified atom stereocenters. The van der Waals surface area contributed by atoms with Crippen molar-refractivity contribution in [3.05, 3.63) is 119 Å². The first-order chi connectivity index (χ1) is 29.1. The maximum atomic E-state index is 16.0. The maximum absolute atomic E-state index is 16.0. The van der Waals surface area contributed by atoms with E-state index in [0.29, 0.717) is 40.6 Å². The zero-order chi connectivity index (χ0) is 41.5. The van der Waals surface area contributed by atoms with Gasteiger partial charge in [-0.15, -0.1) is 0 Å². The lowest BCUT2D eigenvalue weighted by Gasteiger charge is -2.40. The third kappa shape index (κ3) is 7.56. The van der Waals surface area contributed by atoms with Crippen molar-refractivity contribution in [2.45, 2.75) is 25.9 Å². The Labute approximate surface area is 346 Å². The standard InChI is InChI=1S/C45H46F2N10O3/c1-53-26-31-21-33(8-10-35(31)45(53)59)55-19-17-54(18-20-55)25-29-13-15-56(16-14-29)38-11-9-34(23-37(38)47)57-43-40(42(48)50-27-51-43)41(52-57)30-5-3-28(4-6-30)24-49-44(58)36-22-32(46)7-12-39(36)60-2/h3-12,21-23,27,29H,13-20,24-26H2,1-2H3,(H,49,58)(H2,48,50,51). The summed E-state index contributed by atoms with van der Waals surface area (Å²) >= 11 is 0. The highest BCUT2D eigenvalue weighted by molar-refractivity contribution is 6.00. The van der Waals surface area contributed by atoms with E-state index in [1.165, 1.54) is 37.3 Å². The number of rotatable bonds is 10. The number of piperazine rings is 1. The largest absolute Gasteiger partial charge is 0.496 e. The summed E-state index contributed by atoms with van der Waals surface area (Å²) in [6.45, 7) is 7.36. The van der Waals surface area contributed by atoms with Crippen LogP contribution in [-0.4, -0.2) is 101 Å². The molecule has 2 fully saturated rings. The second-order valence-corrected chi connectivity index (χ2v) is 15.8. The minimum atomic E-state index is -0.533. The number of fused-ring (bicyclic) bond motifs is 2. The van der Waals surface area contributed by atoms with Crippen molar-refractivity contribution in [2.75, 3.05) is 75.5 Å². The number of aromatic nitrogens is 4. The smallest absolute Gasteiger partial charge is 0.255 e. The summed E-state index contributed by atoms with van der Waals surface area (Å²) in [6, 6.07) is 22.6. The molecular formula is C45H46F2N10O3. The van der Waals surface area contributed by atoms with Crippen molar-refractivity contribution >= 4 is 40.0 Å². The van der Waals surface area contributed by atoms with Gasteiger partial charge in [-0.2, -0.15) is 5.10 Å². The molecule has 3 N–H and O–H groups in total. The van der Waals surface area contributed by atoms with Crippen LogP contribution < -0.4 is 25.6 Å². The number of benzene rings is 4. The van der Waals surface area contributed by atoms with E-state index in [2.05, 4.69) is 42.1 Å². The van der Waals surface area contributed by atoms with Gasteiger partial charge in [0.15, 0.2) is 5.65 Å². The molecule has 0 radical (unpaired) electrons. The fourth-order valence-corrected chi connectivity index (χ4v) is 8.72. The summed E-state index contributed by atoms with van der Waals surface area (Å²) in [5, 5.41) is 8.22. The molecule has 5 heterocycles. The lowest BCUT2D eigenvalue weighted by molar-refractivity contribution is 0.0816. The average molecular weight is 813 g/mol. The van der Waals surface area contributed by atoms with Gasteiger partial charge in [0.05, 0.1) is 29.4 Å². The minimum absolute atomic E-state index is 0.0989. The quantitative estimate of drug-likeness (QED) is 0.172. The van der Waals surface area contributed by atoms with E-state index >= 15 is 4.39 Å². The summed E-state index contributed by atoms with van der Waals surface area (Å²) in [7, 11) is 3.27. The highest BCUT2D eigenvalue weighted by Gasteiger charge is 2.28. The molecular weight excluding hydrogens is 767 g/mol. The van der Waals surface area contributed by atoms with Crippen molar-refractivity contribution in [1.82, 2.24) is 34.9 Å². The van der Waals surface area contributed by atoms with Gasteiger partial charge in [-0.25, -0.2) is 23.4 Å². The second-order valence-electron chi connectivity index (χ2n) is 15.8. The van der Waals surface area contributed by atoms with Crippen molar-refractivity contribution < 1.29 is 23.1 Å². The number of nitrogens with two attached hydrogens (primary N) is 1. The number of anilines is 3. The van der Waals surface area contributed by atoms with E-state index in [1.54, 1.807) is 9.58 Å². The Bertz CT molecular complexity index is 2580. The summed E-state index contributed by atoms with van der Waals surface area (Å²) in [6.07, 6.45) is 3.35. The molecule has 6 aromatic rings. The first kappa shape index (κ1) is 38.9. The van der Waals surface area contributed by atoms with Crippen molar-refractivity contribution in [3.63, 3.8) is 0 Å². The summed E-state index contributed by atoms with van der Waals surface area (Å²) < 4.78 is 36.6. The van der Waals surface area contributed by atoms with E-state index in [4.69, 9.17) is 15.6 Å². The van der Waals surface area contributed by atoms with Gasteiger partial charge in [0.25, 0.3) is 11.8 Å². The average Bonchev–Trinajstić information content (AvgIpc) is 3.80. The lowest BCUT2D eigenvalue weighted by atomic mass is 9.95. The molecule has 308 valence electrons. The van der Waals surface area contributed by atoms with Crippen molar-refractivity contribution in [3.8, 4) is 22.7 Å². The predicted octanol–water partition coefficient (Wildman–Crippen LogP) is 5.91. The van der Waals surface area contributed by atoms with E-state index in [-0.39, 0.29) is 35.4 Å². The maximum Gasteiger partial charge on any atom is 0.255 e. The van der Waals surface area contributed by atoms with Gasteiger partial charge in [-0.1, -0.05) is 24.3 Å². The van der Waals surface area contributed by atoms with Gasteiger partial charge in [-0.05, 0) is 78.4 Å². The Balaban J connectivity index is 0.824. The Morgan fingerprint density at radius 2 is 1.65 bits per heavy atom. The number of nitrogens with zero attached hydrogens (tertiary/aromatic N) is 8. The monoisotopic (exact) mass is 812 g/mol. The number of carbonyl (C=O) groups is 2. The van der Waals surface area contributed by atoms with Crippen LogP contribution in [-0.2, 0) is 13.1 Å². The normalized spacial score (nSPS) is 16.1. The molecule has 9 rings (SSSR count). The van der Waals surface area contributed by atoms with Crippen molar-refractivity contribution in [1.29, 1.82) is 0 Å². The van der Waals surface area contributed by atoms with Crippen LogP contribution in [0.3, 0.4) is 0 Å². The van der Waals surface area contributed by atoms with Crippen LogP contribution >= 0.6 is 0 Å². The van der Waals surface area contributed by atoms with Crippen LogP contribution in [0.1, 0.15) is 44.7 Å². The third-order valence-corrected chi connectivity index (χ3v) is 12.0. The van der Waals surface area contributed by atoms with Gasteiger partial charge in [0, 0.05) is 88.8 Å². The Morgan fingerprint density at radius 1 is 0.883 bits per heavy atom. The van der Waals surface area contributed by atoms with Crippen LogP contribution in [0, 0.1) is 17.6 Å². The molecule has 13 nitrogen and oxygen atoms in total. The number of nitrogens with one attached hydrogen (secondary N) is 1. The number of amides is 2. The molecule has 3 aliphatic heterocycles. The van der Waals surface area contributed by atoms with Crippen LogP contribution in [0.15, 0.2) is 85.2 Å². The molecule has 2 amide bonds. The lowest BCUT2D eigenvalue weighted by Crippen LogP contribution is -2.49. The van der Waals surface area contributed by atoms with Gasteiger partial charge in [-0.3, -0.25) is 14.5 Å².